The second kappa shape index (κ2) is 13.4. The molecule has 8 aromatic carbocycles. The maximum atomic E-state index is 7.27. The van der Waals surface area contributed by atoms with E-state index in [1.54, 1.807) is 0 Å². The Bertz CT molecular complexity index is 4140. The van der Waals surface area contributed by atoms with Crippen LogP contribution < -0.4 is 15.7 Å². The normalized spacial score (nSPS) is 13.9. The number of fused-ring (bicyclic) bond motifs is 17. The molecule has 0 saturated carbocycles. The molecule has 14 rings (SSSR count). The topological polar surface area (TPSA) is 34.5 Å². The Morgan fingerprint density at radius 3 is 1.97 bits per heavy atom. The van der Waals surface area contributed by atoms with Crippen LogP contribution in [0.3, 0.4) is 0 Å². The summed E-state index contributed by atoms with van der Waals surface area (Å²) in [5, 5.41) is 8.38. The molecule has 0 radical (unpaired) electrons. The highest BCUT2D eigenvalue weighted by Gasteiger charge is 2.46. The van der Waals surface area contributed by atoms with E-state index in [1.165, 1.54) is 91.8 Å². The van der Waals surface area contributed by atoms with Crippen molar-refractivity contribution >= 4 is 115 Å². The fourth-order valence-corrected chi connectivity index (χ4v) is 12.8. The summed E-state index contributed by atoms with van der Waals surface area (Å²) in [6, 6.07) is 54.9. The van der Waals surface area contributed by atoms with Crippen molar-refractivity contribution in [2.45, 2.75) is 78.6 Å². The second-order valence-corrected chi connectivity index (χ2v) is 23.6. The van der Waals surface area contributed by atoms with Gasteiger partial charge in [0.15, 0.2) is 0 Å². The third kappa shape index (κ3) is 5.49. The van der Waals surface area contributed by atoms with E-state index in [4.69, 9.17) is 8.83 Å². The molecule has 2 aliphatic rings. The van der Waals surface area contributed by atoms with Crippen molar-refractivity contribution in [1.82, 2.24) is 4.57 Å². The monoisotopic (exact) mass is 898 g/mol. The van der Waals surface area contributed by atoms with Crippen LogP contribution in [0.1, 0.15) is 79.0 Å². The number of furan rings is 2. The van der Waals surface area contributed by atoms with Crippen molar-refractivity contribution in [3.63, 3.8) is 0 Å². The maximum Gasteiger partial charge on any atom is 0.333 e. The van der Waals surface area contributed by atoms with Crippen molar-refractivity contribution in [3.8, 4) is 28.1 Å². The van der Waals surface area contributed by atoms with Gasteiger partial charge in [0.25, 0.3) is 0 Å². The zero-order chi connectivity index (χ0) is 46.3. The van der Waals surface area contributed by atoms with Gasteiger partial charge < -0.3 is 18.2 Å². The number of rotatable bonds is 2. The largest absolute Gasteiger partial charge is 0.456 e. The molecular formula is C62H51BN2O2S. The minimum Gasteiger partial charge on any atom is -0.456 e. The van der Waals surface area contributed by atoms with Crippen LogP contribution in [0.5, 0.6) is 0 Å². The molecule has 0 fully saturated rings. The van der Waals surface area contributed by atoms with E-state index in [0.29, 0.717) is 0 Å². The minimum atomic E-state index is -0.207. The lowest BCUT2D eigenvalue weighted by Crippen LogP contribution is -2.60. The van der Waals surface area contributed by atoms with Crippen LogP contribution in [0.15, 0.2) is 154 Å². The zero-order valence-electron chi connectivity index (χ0n) is 40.1. The summed E-state index contributed by atoms with van der Waals surface area (Å²) >= 11 is 1.91. The SMILES string of the molecule is CC(C)(C)c1ccc(N2B3c4cc5oc(-c6ccccc6)cc5cc4-n4c5ccc(C(C)(C)C)cc5c5c6oc7ccccc7c6c(c3c54)-c3cc4c(cc32)sc2cc(C(C)(C)C)ccc24)cc1. The van der Waals surface area contributed by atoms with Crippen molar-refractivity contribution in [2.24, 2.45) is 0 Å². The lowest BCUT2D eigenvalue weighted by molar-refractivity contribution is 0.590. The Balaban J connectivity index is 1.19. The molecule has 0 saturated heterocycles. The van der Waals surface area contributed by atoms with Gasteiger partial charge in [-0.2, -0.15) is 0 Å². The third-order valence-corrected chi connectivity index (χ3v) is 16.3. The molecule has 0 spiro atoms. The Kier molecular flexibility index (Phi) is 7.88. The smallest absolute Gasteiger partial charge is 0.333 e. The Labute approximate surface area is 400 Å². The van der Waals surface area contributed by atoms with Crippen LogP contribution >= 0.6 is 11.3 Å². The molecule has 0 unspecified atom stereocenters. The van der Waals surface area contributed by atoms with Gasteiger partial charge in [-0.15, -0.1) is 11.3 Å². The van der Waals surface area contributed by atoms with Gasteiger partial charge in [-0.3, -0.25) is 0 Å². The molecule has 6 heteroatoms. The maximum absolute atomic E-state index is 7.27. The predicted octanol–water partition coefficient (Wildman–Crippen LogP) is 16.6. The number of aromatic nitrogens is 1. The second-order valence-electron chi connectivity index (χ2n) is 22.6. The summed E-state index contributed by atoms with van der Waals surface area (Å²) in [7, 11) is 0. The first-order valence-corrected chi connectivity index (χ1v) is 24.9. The van der Waals surface area contributed by atoms with Gasteiger partial charge >= 0.3 is 6.85 Å². The molecule has 0 aliphatic carbocycles. The van der Waals surface area contributed by atoms with Crippen molar-refractivity contribution in [2.75, 3.05) is 4.81 Å². The average Bonchev–Trinajstić information content (AvgIpc) is 4.09. The predicted molar refractivity (Wildman–Crippen MR) is 291 cm³/mol. The Morgan fingerprint density at radius 1 is 0.515 bits per heavy atom. The summed E-state index contributed by atoms with van der Waals surface area (Å²) in [5.41, 5.74) is 18.7. The van der Waals surface area contributed by atoms with Crippen LogP contribution in [-0.4, -0.2) is 11.4 Å². The number of benzene rings is 8. The molecule has 330 valence electrons. The molecule has 0 atom stereocenters. The molecule has 68 heavy (non-hydrogen) atoms. The highest BCUT2D eigenvalue weighted by atomic mass is 32.1. The first kappa shape index (κ1) is 40.1. The van der Waals surface area contributed by atoms with E-state index in [1.807, 2.05) is 11.3 Å². The molecule has 0 amide bonds. The molecule has 2 aliphatic heterocycles. The minimum absolute atomic E-state index is 0.00578. The molecule has 4 aromatic heterocycles. The van der Waals surface area contributed by atoms with Crippen LogP contribution in [-0.2, 0) is 16.2 Å². The number of para-hydroxylation sites is 1. The first-order valence-electron chi connectivity index (χ1n) is 24.1. The van der Waals surface area contributed by atoms with E-state index in [-0.39, 0.29) is 23.1 Å². The molecule has 0 bridgehead atoms. The van der Waals surface area contributed by atoms with Gasteiger partial charge in [0.2, 0.25) is 0 Å². The Morgan fingerprint density at radius 2 is 1.21 bits per heavy atom. The number of anilines is 2. The van der Waals surface area contributed by atoms with E-state index in [9.17, 15) is 0 Å². The van der Waals surface area contributed by atoms with Gasteiger partial charge in [-0.05, 0) is 116 Å². The lowest BCUT2D eigenvalue weighted by atomic mass is 9.43. The van der Waals surface area contributed by atoms with Crippen LogP contribution in [0.2, 0.25) is 0 Å². The van der Waals surface area contributed by atoms with E-state index in [0.717, 1.165) is 50.2 Å². The van der Waals surface area contributed by atoms with Crippen LogP contribution in [0.4, 0.5) is 11.4 Å². The molecule has 0 N–H and O–H groups in total. The number of hydrogen-bond acceptors (Lipinski definition) is 4. The molecular weight excluding hydrogens is 848 g/mol. The van der Waals surface area contributed by atoms with Crippen molar-refractivity contribution in [3.05, 3.63) is 162 Å². The van der Waals surface area contributed by atoms with Gasteiger partial charge in [0.05, 0.1) is 16.4 Å². The first-order chi connectivity index (χ1) is 32.6. The summed E-state index contributed by atoms with van der Waals surface area (Å²) in [5.74, 6) is 0.868. The lowest BCUT2D eigenvalue weighted by Gasteiger charge is -2.42. The highest BCUT2D eigenvalue weighted by Crippen LogP contribution is 2.54. The van der Waals surface area contributed by atoms with Gasteiger partial charge in [0.1, 0.15) is 22.5 Å². The van der Waals surface area contributed by atoms with Crippen molar-refractivity contribution < 1.29 is 8.83 Å². The number of hydrogen-bond donors (Lipinski definition) is 0. The third-order valence-electron chi connectivity index (χ3n) is 15.2. The van der Waals surface area contributed by atoms with E-state index >= 15 is 0 Å². The van der Waals surface area contributed by atoms with Crippen molar-refractivity contribution in [1.29, 1.82) is 0 Å². The van der Waals surface area contributed by atoms with Crippen LogP contribution in [0.25, 0.3) is 103 Å². The van der Waals surface area contributed by atoms with Gasteiger partial charge in [0, 0.05) is 69.9 Å². The summed E-state index contributed by atoms with van der Waals surface area (Å²) in [4.78, 5) is 2.66. The average molecular weight is 899 g/mol. The number of nitrogens with zero attached hydrogens (tertiary/aromatic N) is 2. The molecule has 12 aromatic rings. The standard InChI is InChI=1S/C62H51BN2O2S/c1-60(2,3)36-19-23-39(24-20-36)65-47-33-53-42(40-25-21-38(62(7,8)9)30-52(40)68-53)31-44(47)54-55-41-17-13-14-18-49(41)67-59(55)56-43-29-37(61(4,5)6)22-26-46(43)64-48-27-35-28-50(34-15-11-10-12-16-34)66-51(35)32-45(48)63(65)57(54)58(56)64/h10-33H,1-9H3. The highest BCUT2D eigenvalue weighted by molar-refractivity contribution is 7.25. The zero-order valence-corrected chi connectivity index (χ0v) is 40.9. The summed E-state index contributed by atoms with van der Waals surface area (Å²) < 4.78 is 19.4. The summed E-state index contributed by atoms with van der Waals surface area (Å²) in [6.07, 6.45) is 0. The van der Waals surface area contributed by atoms with Crippen LogP contribution in [0, 0.1) is 0 Å². The molecule has 6 heterocycles. The quantitative estimate of drug-likeness (QED) is 0.162. The number of thiophene rings is 1. The fourth-order valence-electron chi connectivity index (χ4n) is 11.7. The fraction of sp³-hybridized carbons (Fsp3) is 0.194. The van der Waals surface area contributed by atoms with E-state index < -0.39 is 0 Å². The summed E-state index contributed by atoms with van der Waals surface area (Å²) in [6.45, 7) is 20.6. The molecule has 4 nitrogen and oxygen atoms in total. The Hall–Kier alpha value is -7.02. The van der Waals surface area contributed by atoms with E-state index in [2.05, 4.69) is 217 Å². The van der Waals surface area contributed by atoms with Gasteiger partial charge in [-0.1, -0.05) is 141 Å². The van der Waals surface area contributed by atoms with Gasteiger partial charge in [-0.25, -0.2) is 0 Å².